The first-order valence-electron chi connectivity index (χ1n) is 7.99. The van der Waals surface area contributed by atoms with E-state index in [0.29, 0.717) is 17.9 Å². The number of aryl methyl sites for hydroxylation is 1. The highest BCUT2D eigenvalue weighted by Crippen LogP contribution is 2.44. The summed E-state index contributed by atoms with van der Waals surface area (Å²) < 4.78 is 0. The first kappa shape index (κ1) is 13.1. The molecule has 2 heteroatoms. The van der Waals surface area contributed by atoms with Crippen LogP contribution in [0.4, 0.5) is 0 Å². The predicted octanol–water partition coefficient (Wildman–Crippen LogP) is 3.66. The largest absolute Gasteiger partial charge is 0.327 e. The minimum atomic E-state index is 0.395. The second kappa shape index (κ2) is 5.62. The summed E-state index contributed by atoms with van der Waals surface area (Å²) in [5.41, 5.74) is 9.28. The molecule has 1 heterocycles. The summed E-state index contributed by atoms with van der Waals surface area (Å²) in [6, 6.07) is 4.72. The number of pyridine rings is 1. The van der Waals surface area contributed by atoms with Gasteiger partial charge in [0.15, 0.2) is 0 Å². The van der Waals surface area contributed by atoms with E-state index in [1.54, 1.807) is 0 Å². The number of fused-ring (bicyclic) bond motifs is 1. The van der Waals surface area contributed by atoms with Gasteiger partial charge in [0.05, 0.1) is 0 Å². The average molecular weight is 258 g/mol. The van der Waals surface area contributed by atoms with Gasteiger partial charge in [-0.05, 0) is 55.6 Å². The van der Waals surface area contributed by atoms with Crippen LogP contribution in [0.1, 0.15) is 62.6 Å². The van der Waals surface area contributed by atoms with Gasteiger partial charge in [-0.2, -0.15) is 0 Å². The molecule has 0 saturated heterocycles. The van der Waals surface area contributed by atoms with Crippen molar-refractivity contribution >= 4 is 0 Å². The number of hydrogen-bond acceptors (Lipinski definition) is 2. The first-order valence-corrected chi connectivity index (χ1v) is 7.99. The lowest BCUT2D eigenvalue weighted by Gasteiger charge is -2.37. The van der Waals surface area contributed by atoms with Crippen molar-refractivity contribution < 1.29 is 0 Å². The molecule has 19 heavy (non-hydrogen) atoms. The molecular weight excluding hydrogens is 232 g/mol. The predicted molar refractivity (Wildman–Crippen MR) is 79.0 cm³/mol. The van der Waals surface area contributed by atoms with Gasteiger partial charge in [-0.15, -0.1) is 0 Å². The maximum absolute atomic E-state index is 6.45. The summed E-state index contributed by atoms with van der Waals surface area (Å²) in [6.07, 6.45) is 11.0. The van der Waals surface area contributed by atoms with Crippen LogP contribution >= 0.6 is 0 Å². The Morgan fingerprint density at radius 3 is 3.05 bits per heavy atom. The number of hydrogen-bond donors (Lipinski definition) is 1. The van der Waals surface area contributed by atoms with Gasteiger partial charge in [0.25, 0.3) is 0 Å². The third-order valence-electron chi connectivity index (χ3n) is 5.28. The molecule has 0 bridgehead atoms. The summed E-state index contributed by atoms with van der Waals surface area (Å²) >= 11 is 0. The van der Waals surface area contributed by atoms with Crippen LogP contribution in [0.5, 0.6) is 0 Å². The summed E-state index contributed by atoms with van der Waals surface area (Å²) in [7, 11) is 0. The summed E-state index contributed by atoms with van der Waals surface area (Å²) in [4.78, 5) is 4.67. The quantitative estimate of drug-likeness (QED) is 0.898. The molecule has 1 aromatic heterocycles. The Hall–Kier alpha value is -0.890. The highest BCUT2D eigenvalue weighted by Gasteiger charge is 2.37. The fourth-order valence-electron chi connectivity index (χ4n) is 4.31. The van der Waals surface area contributed by atoms with Crippen LogP contribution in [0.3, 0.4) is 0 Å². The monoisotopic (exact) mass is 258 g/mol. The van der Waals surface area contributed by atoms with Crippen LogP contribution in [0.25, 0.3) is 0 Å². The molecule has 1 saturated carbocycles. The normalized spacial score (nSPS) is 34.2. The summed E-state index contributed by atoms with van der Waals surface area (Å²) in [6.45, 7) is 2.30. The van der Waals surface area contributed by atoms with Crippen molar-refractivity contribution in [2.24, 2.45) is 17.6 Å². The van der Waals surface area contributed by atoms with E-state index in [4.69, 9.17) is 5.73 Å². The van der Waals surface area contributed by atoms with Crippen molar-refractivity contribution in [3.63, 3.8) is 0 Å². The molecule has 0 radical (unpaired) electrons. The van der Waals surface area contributed by atoms with Gasteiger partial charge < -0.3 is 5.73 Å². The molecule has 0 spiro atoms. The molecule has 2 aliphatic carbocycles. The molecule has 2 aliphatic rings. The standard InChI is InChI=1S/C17H26N2/c1-2-4-12-6-9-16(18)15(11-12)14-8-7-13-5-3-10-19-17(13)14/h3,5,10,12,14-16H,2,4,6-9,11,18H2,1H3. The van der Waals surface area contributed by atoms with E-state index in [2.05, 4.69) is 24.0 Å². The molecule has 2 nitrogen and oxygen atoms in total. The highest BCUT2D eigenvalue weighted by molar-refractivity contribution is 5.29. The van der Waals surface area contributed by atoms with Gasteiger partial charge in [-0.1, -0.05) is 25.8 Å². The van der Waals surface area contributed by atoms with Crippen LogP contribution in [-0.2, 0) is 6.42 Å². The third-order valence-corrected chi connectivity index (χ3v) is 5.28. The fraction of sp³-hybridized carbons (Fsp3) is 0.706. The van der Waals surface area contributed by atoms with E-state index in [0.717, 1.165) is 5.92 Å². The Bertz CT molecular complexity index is 429. The third kappa shape index (κ3) is 2.55. The van der Waals surface area contributed by atoms with Gasteiger partial charge in [-0.25, -0.2) is 0 Å². The zero-order chi connectivity index (χ0) is 13.2. The molecule has 2 N–H and O–H groups in total. The molecule has 4 atom stereocenters. The molecule has 0 aliphatic heterocycles. The van der Waals surface area contributed by atoms with Crippen LogP contribution in [0, 0.1) is 11.8 Å². The molecule has 1 aromatic rings. The average Bonchev–Trinajstić information content (AvgIpc) is 2.85. The van der Waals surface area contributed by atoms with Gasteiger partial charge in [-0.3, -0.25) is 4.98 Å². The van der Waals surface area contributed by atoms with Crippen molar-refractivity contribution in [2.45, 2.75) is 63.8 Å². The molecule has 1 fully saturated rings. The number of aromatic nitrogens is 1. The Balaban J connectivity index is 1.77. The van der Waals surface area contributed by atoms with Gasteiger partial charge in [0.1, 0.15) is 0 Å². The van der Waals surface area contributed by atoms with E-state index >= 15 is 0 Å². The minimum absolute atomic E-state index is 0.395. The van der Waals surface area contributed by atoms with Crippen molar-refractivity contribution in [3.8, 4) is 0 Å². The number of nitrogens with two attached hydrogens (primary N) is 1. The van der Waals surface area contributed by atoms with Crippen LogP contribution in [0.2, 0.25) is 0 Å². The van der Waals surface area contributed by atoms with E-state index < -0.39 is 0 Å². The Morgan fingerprint density at radius 2 is 2.21 bits per heavy atom. The molecule has 104 valence electrons. The Morgan fingerprint density at radius 1 is 1.32 bits per heavy atom. The Labute approximate surface area is 116 Å². The number of nitrogens with zero attached hydrogens (tertiary/aromatic N) is 1. The van der Waals surface area contributed by atoms with Gasteiger partial charge in [0.2, 0.25) is 0 Å². The lowest BCUT2D eigenvalue weighted by Crippen LogP contribution is -2.39. The second-order valence-electron chi connectivity index (χ2n) is 6.49. The first-order chi connectivity index (χ1) is 9.29. The smallest absolute Gasteiger partial charge is 0.0469 e. The molecule has 4 unspecified atom stereocenters. The van der Waals surface area contributed by atoms with Crippen LogP contribution < -0.4 is 5.73 Å². The van der Waals surface area contributed by atoms with E-state index in [-0.39, 0.29) is 0 Å². The van der Waals surface area contributed by atoms with Crippen molar-refractivity contribution in [2.75, 3.05) is 0 Å². The highest BCUT2D eigenvalue weighted by atomic mass is 14.7. The topological polar surface area (TPSA) is 38.9 Å². The second-order valence-corrected chi connectivity index (χ2v) is 6.49. The molecule has 0 aromatic carbocycles. The van der Waals surface area contributed by atoms with Crippen LogP contribution in [-0.4, -0.2) is 11.0 Å². The lowest BCUT2D eigenvalue weighted by molar-refractivity contribution is 0.191. The van der Waals surface area contributed by atoms with Crippen molar-refractivity contribution in [1.29, 1.82) is 0 Å². The van der Waals surface area contributed by atoms with Gasteiger partial charge >= 0.3 is 0 Å². The van der Waals surface area contributed by atoms with E-state index in [9.17, 15) is 0 Å². The zero-order valence-electron chi connectivity index (χ0n) is 12.0. The van der Waals surface area contributed by atoms with Crippen molar-refractivity contribution in [3.05, 3.63) is 29.6 Å². The molecule has 0 amide bonds. The maximum Gasteiger partial charge on any atom is 0.0469 e. The SMILES string of the molecule is CCCC1CCC(N)C(C2CCc3cccnc32)C1. The Kier molecular flexibility index (Phi) is 3.88. The maximum atomic E-state index is 6.45. The van der Waals surface area contributed by atoms with E-state index in [1.165, 1.54) is 56.2 Å². The van der Waals surface area contributed by atoms with Crippen LogP contribution in [0.15, 0.2) is 18.3 Å². The molecular formula is C17H26N2. The summed E-state index contributed by atoms with van der Waals surface area (Å²) in [5.74, 6) is 2.20. The summed E-state index contributed by atoms with van der Waals surface area (Å²) in [5, 5.41) is 0. The van der Waals surface area contributed by atoms with Gasteiger partial charge in [0, 0.05) is 23.9 Å². The lowest BCUT2D eigenvalue weighted by atomic mass is 9.70. The van der Waals surface area contributed by atoms with E-state index in [1.807, 2.05) is 6.20 Å². The zero-order valence-corrected chi connectivity index (χ0v) is 12.0. The minimum Gasteiger partial charge on any atom is -0.327 e. The molecule has 3 rings (SSSR count). The fourth-order valence-corrected chi connectivity index (χ4v) is 4.31. The number of rotatable bonds is 3. The van der Waals surface area contributed by atoms with Crippen molar-refractivity contribution in [1.82, 2.24) is 4.98 Å².